The summed E-state index contributed by atoms with van der Waals surface area (Å²) in [7, 11) is 0. The average Bonchev–Trinajstić information content (AvgIpc) is 2.87. The van der Waals surface area contributed by atoms with E-state index in [4.69, 9.17) is 0 Å². The summed E-state index contributed by atoms with van der Waals surface area (Å²) in [4.78, 5) is 28.6. The molecule has 1 aliphatic rings. The number of benzene rings is 1. The predicted octanol–water partition coefficient (Wildman–Crippen LogP) is 3.45. The Morgan fingerprint density at radius 2 is 2.00 bits per heavy atom. The fourth-order valence-corrected chi connectivity index (χ4v) is 3.52. The first-order chi connectivity index (χ1) is 11.0. The van der Waals surface area contributed by atoms with E-state index in [0.29, 0.717) is 19.5 Å². The van der Waals surface area contributed by atoms with Gasteiger partial charge in [0.05, 0.1) is 5.92 Å². The topological polar surface area (TPSA) is 40.6 Å². The molecule has 1 aromatic rings. The average molecular weight is 381 g/mol. The van der Waals surface area contributed by atoms with Crippen LogP contribution >= 0.6 is 15.9 Å². The lowest BCUT2D eigenvalue weighted by Crippen LogP contribution is -2.38. The fraction of sp³-hybridized carbons (Fsp3) is 0.556. The molecule has 2 rings (SSSR count). The van der Waals surface area contributed by atoms with E-state index < -0.39 is 0 Å². The van der Waals surface area contributed by atoms with Gasteiger partial charge in [-0.15, -0.1) is 0 Å². The summed E-state index contributed by atoms with van der Waals surface area (Å²) in [5.74, 6) is 0.0304. The highest BCUT2D eigenvalue weighted by atomic mass is 79.9. The highest BCUT2D eigenvalue weighted by Crippen LogP contribution is 2.23. The van der Waals surface area contributed by atoms with Gasteiger partial charge in [-0.05, 0) is 30.5 Å². The second kappa shape index (κ2) is 8.48. The van der Waals surface area contributed by atoms with E-state index in [2.05, 4.69) is 29.8 Å². The first kappa shape index (κ1) is 18.0. The Morgan fingerprint density at radius 1 is 1.30 bits per heavy atom. The van der Waals surface area contributed by atoms with Crippen molar-refractivity contribution in [2.24, 2.45) is 5.92 Å². The summed E-state index contributed by atoms with van der Waals surface area (Å²) < 4.78 is 1.01. The molecule has 1 unspecified atom stereocenters. The van der Waals surface area contributed by atoms with Gasteiger partial charge >= 0.3 is 0 Å². The molecule has 5 heteroatoms. The number of carbonyl (C=O) groups is 2. The Kier molecular flexibility index (Phi) is 6.63. The maximum atomic E-state index is 12.7. The van der Waals surface area contributed by atoms with Crippen molar-refractivity contribution < 1.29 is 9.59 Å². The molecule has 0 spiro atoms. The van der Waals surface area contributed by atoms with Crippen molar-refractivity contribution in [3.63, 3.8) is 0 Å². The quantitative estimate of drug-likeness (QED) is 0.726. The van der Waals surface area contributed by atoms with Crippen LogP contribution in [0.5, 0.6) is 0 Å². The van der Waals surface area contributed by atoms with E-state index in [1.807, 2.05) is 29.2 Å². The second-order valence-electron chi connectivity index (χ2n) is 6.13. The van der Waals surface area contributed by atoms with Gasteiger partial charge in [-0.2, -0.15) is 0 Å². The maximum absolute atomic E-state index is 12.7. The van der Waals surface area contributed by atoms with Gasteiger partial charge in [-0.1, -0.05) is 41.9 Å². The highest BCUT2D eigenvalue weighted by Gasteiger charge is 2.36. The number of rotatable bonds is 7. The van der Waals surface area contributed by atoms with Gasteiger partial charge in [0, 0.05) is 37.1 Å². The molecule has 23 heavy (non-hydrogen) atoms. The van der Waals surface area contributed by atoms with Crippen LogP contribution in [0.25, 0.3) is 0 Å². The molecule has 1 aromatic carbocycles. The minimum Gasteiger partial charge on any atom is -0.342 e. The molecule has 1 heterocycles. The molecule has 0 aromatic heterocycles. The van der Waals surface area contributed by atoms with Crippen LogP contribution in [-0.4, -0.2) is 41.2 Å². The summed E-state index contributed by atoms with van der Waals surface area (Å²) in [5, 5.41) is 0. The number of hydrogen-bond donors (Lipinski definition) is 0. The van der Waals surface area contributed by atoms with Gasteiger partial charge in [-0.25, -0.2) is 0 Å². The predicted molar refractivity (Wildman–Crippen MR) is 94.8 cm³/mol. The summed E-state index contributed by atoms with van der Waals surface area (Å²) in [6.45, 7) is 6.83. The number of carbonyl (C=O) groups excluding carboxylic acids is 2. The molecule has 1 aliphatic heterocycles. The highest BCUT2D eigenvalue weighted by molar-refractivity contribution is 9.10. The van der Waals surface area contributed by atoms with Gasteiger partial charge in [0.15, 0.2) is 0 Å². The number of nitrogens with zero attached hydrogens (tertiary/aromatic N) is 2. The van der Waals surface area contributed by atoms with E-state index >= 15 is 0 Å². The molecule has 1 saturated heterocycles. The third-order valence-corrected chi connectivity index (χ3v) is 4.62. The maximum Gasteiger partial charge on any atom is 0.227 e. The molecule has 0 aliphatic carbocycles. The van der Waals surface area contributed by atoms with E-state index in [1.165, 1.54) is 0 Å². The summed E-state index contributed by atoms with van der Waals surface area (Å²) in [5.41, 5.74) is 1.08. The van der Waals surface area contributed by atoms with Gasteiger partial charge in [-0.3, -0.25) is 9.59 Å². The van der Waals surface area contributed by atoms with Crippen LogP contribution in [0.2, 0.25) is 0 Å². The monoisotopic (exact) mass is 380 g/mol. The zero-order valence-corrected chi connectivity index (χ0v) is 15.5. The van der Waals surface area contributed by atoms with Crippen LogP contribution in [0.15, 0.2) is 28.7 Å². The minimum absolute atomic E-state index is 0.0799. The van der Waals surface area contributed by atoms with E-state index in [0.717, 1.165) is 36.0 Å². The smallest absolute Gasteiger partial charge is 0.227 e. The molecule has 0 saturated carbocycles. The summed E-state index contributed by atoms with van der Waals surface area (Å²) in [6, 6.07) is 7.96. The molecule has 4 nitrogen and oxygen atoms in total. The Bertz CT molecular complexity index is 556. The summed E-state index contributed by atoms with van der Waals surface area (Å²) in [6.07, 6.45) is 2.25. The molecule has 126 valence electrons. The van der Waals surface area contributed by atoms with E-state index in [-0.39, 0.29) is 17.7 Å². The Hall–Kier alpha value is -1.36. The number of likely N-dealkylation sites (tertiary alicyclic amines) is 1. The largest absolute Gasteiger partial charge is 0.342 e. The van der Waals surface area contributed by atoms with E-state index in [1.54, 1.807) is 4.90 Å². The molecule has 0 N–H and O–H groups in total. The van der Waals surface area contributed by atoms with Crippen LogP contribution in [0.3, 0.4) is 0 Å². The van der Waals surface area contributed by atoms with Crippen molar-refractivity contribution in [3.8, 4) is 0 Å². The van der Waals surface area contributed by atoms with Crippen molar-refractivity contribution in [3.05, 3.63) is 34.3 Å². The third kappa shape index (κ3) is 4.80. The lowest BCUT2D eigenvalue weighted by atomic mass is 10.1. The van der Waals surface area contributed by atoms with Gasteiger partial charge < -0.3 is 9.80 Å². The Labute approximate surface area is 147 Å². The molecule has 0 bridgehead atoms. The van der Waals surface area contributed by atoms with Crippen LogP contribution < -0.4 is 0 Å². The first-order valence-corrected chi connectivity index (χ1v) is 9.15. The van der Waals surface area contributed by atoms with Crippen LogP contribution in [0.1, 0.15) is 38.7 Å². The van der Waals surface area contributed by atoms with Gasteiger partial charge in [0.25, 0.3) is 0 Å². The normalized spacial score (nSPS) is 17.6. The zero-order valence-electron chi connectivity index (χ0n) is 13.9. The summed E-state index contributed by atoms with van der Waals surface area (Å²) >= 11 is 3.45. The second-order valence-corrected chi connectivity index (χ2v) is 7.05. The number of amides is 2. The molecule has 1 atom stereocenters. The molecule has 0 radical (unpaired) electrons. The van der Waals surface area contributed by atoms with Crippen LogP contribution in [-0.2, 0) is 16.1 Å². The SMILES string of the molecule is CCCN(CCC)C(=O)C1CC(=O)N(Cc2cccc(Br)c2)C1. The van der Waals surface area contributed by atoms with Gasteiger partial charge in [0.1, 0.15) is 0 Å². The van der Waals surface area contributed by atoms with Crippen molar-refractivity contribution in [2.75, 3.05) is 19.6 Å². The molecular weight excluding hydrogens is 356 g/mol. The van der Waals surface area contributed by atoms with E-state index in [9.17, 15) is 9.59 Å². The fourth-order valence-electron chi connectivity index (χ4n) is 3.08. The lowest BCUT2D eigenvalue weighted by Gasteiger charge is -2.24. The zero-order chi connectivity index (χ0) is 16.8. The number of hydrogen-bond acceptors (Lipinski definition) is 2. The van der Waals surface area contributed by atoms with Crippen molar-refractivity contribution in [2.45, 2.75) is 39.7 Å². The van der Waals surface area contributed by atoms with Crippen LogP contribution in [0.4, 0.5) is 0 Å². The molecule has 1 fully saturated rings. The number of halogens is 1. The first-order valence-electron chi connectivity index (χ1n) is 8.36. The van der Waals surface area contributed by atoms with Crippen molar-refractivity contribution in [1.82, 2.24) is 9.80 Å². The minimum atomic E-state index is -0.187. The van der Waals surface area contributed by atoms with Crippen molar-refractivity contribution >= 4 is 27.7 Å². The van der Waals surface area contributed by atoms with Gasteiger partial charge in [0.2, 0.25) is 11.8 Å². The Balaban J connectivity index is 1.99. The Morgan fingerprint density at radius 3 is 2.61 bits per heavy atom. The third-order valence-electron chi connectivity index (χ3n) is 4.12. The van der Waals surface area contributed by atoms with Crippen molar-refractivity contribution in [1.29, 1.82) is 0 Å². The molecular formula is C18H25BrN2O2. The molecule has 2 amide bonds. The standard InChI is InChI=1S/C18H25BrN2O2/c1-3-8-20(9-4-2)18(23)15-11-17(22)21(13-15)12-14-6-5-7-16(19)10-14/h5-7,10,15H,3-4,8-9,11-13H2,1-2H3. The lowest BCUT2D eigenvalue weighted by molar-refractivity contribution is -0.136. The van der Waals surface area contributed by atoms with Crippen LogP contribution in [0, 0.1) is 5.92 Å².